The number of aliphatic hydroxyl groups is 2. The van der Waals surface area contributed by atoms with Crippen molar-refractivity contribution in [2.45, 2.75) is 122 Å². The van der Waals surface area contributed by atoms with Crippen LogP contribution in [0.5, 0.6) is 0 Å². The van der Waals surface area contributed by atoms with Crippen LogP contribution in [0.25, 0.3) is 0 Å². The third kappa shape index (κ3) is 13.2. The van der Waals surface area contributed by atoms with Crippen LogP contribution in [0, 0.1) is 17.6 Å². The Morgan fingerprint density at radius 1 is 0.822 bits per heavy atom. The Balaban J connectivity index is 2.41. The SMILES string of the molecule is CCCC[C@@H](NC(C)=O)[C@@H](O)[C@H](O)[C@H](Cc1cc(F)cc(F)c1)NC(=O)[C@@H](CCC(CCC)CCC)NC(=O)c1cccnc1. The first-order valence-corrected chi connectivity index (χ1v) is 16.1. The molecule has 0 aliphatic rings. The topological polar surface area (TPSA) is 141 Å². The molecule has 5 N–H and O–H groups in total. The molecule has 11 heteroatoms. The van der Waals surface area contributed by atoms with E-state index in [-0.39, 0.29) is 17.5 Å². The van der Waals surface area contributed by atoms with Crippen molar-refractivity contribution in [2.24, 2.45) is 5.92 Å². The fourth-order valence-corrected chi connectivity index (χ4v) is 5.67. The summed E-state index contributed by atoms with van der Waals surface area (Å²) in [5.74, 6) is -2.83. The predicted molar refractivity (Wildman–Crippen MR) is 169 cm³/mol. The number of carbonyl (C=O) groups is 3. The molecule has 0 fully saturated rings. The van der Waals surface area contributed by atoms with Crippen LogP contribution in [-0.4, -0.2) is 63.3 Å². The van der Waals surface area contributed by atoms with E-state index in [0.717, 1.165) is 44.2 Å². The van der Waals surface area contributed by atoms with E-state index in [0.29, 0.717) is 37.7 Å². The fraction of sp³-hybridized carbons (Fsp3) is 0.588. The van der Waals surface area contributed by atoms with Crippen LogP contribution in [0.4, 0.5) is 8.78 Å². The lowest BCUT2D eigenvalue weighted by Gasteiger charge is -2.34. The summed E-state index contributed by atoms with van der Waals surface area (Å²) >= 11 is 0. The van der Waals surface area contributed by atoms with Crippen molar-refractivity contribution in [3.63, 3.8) is 0 Å². The number of pyridine rings is 1. The van der Waals surface area contributed by atoms with E-state index >= 15 is 0 Å². The Bertz CT molecular complexity index is 1180. The van der Waals surface area contributed by atoms with Gasteiger partial charge in [-0.3, -0.25) is 19.4 Å². The summed E-state index contributed by atoms with van der Waals surface area (Å²) in [4.78, 5) is 42.8. The van der Waals surface area contributed by atoms with Gasteiger partial charge in [-0.15, -0.1) is 0 Å². The van der Waals surface area contributed by atoms with Crippen molar-refractivity contribution >= 4 is 17.7 Å². The quantitative estimate of drug-likeness (QED) is 0.145. The molecule has 0 saturated heterocycles. The molecule has 5 atom stereocenters. The Hall–Kier alpha value is -3.44. The molecular formula is C34H50F2N4O5. The highest BCUT2D eigenvalue weighted by atomic mass is 19.1. The largest absolute Gasteiger partial charge is 0.388 e. The standard InChI is InChI=1S/C34H50F2N4O5/c1-5-8-13-28(38-22(4)41)31(42)32(43)30(19-24-17-26(35)20-27(36)18-24)40-34(45)29(15-14-23(10-6-2)11-7-3)39-33(44)25-12-9-16-37-21-25/h9,12,16-18,20-21,23,28-32,42-43H,5-8,10-11,13-15,19H2,1-4H3,(H,38,41)(H,39,44)(H,40,45)/t28-,29-,30+,31-,32-/m1/s1. The molecule has 2 aromatic rings. The summed E-state index contributed by atoms with van der Waals surface area (Å²) in [6, 6.07) is 3.03. The molecule has 1 aromatic carbocycles. The number of halogens is 2. The molecule has 3 amide bonds. The normalized spacial score (nSPS) is 14.7. The van der Waals surface area contributed by atoms with Gasteiger partial charge in [0, 0.05) is 25.4 Å². The van der Waals surface area contributed by atoms with Gasteiger partial charge in [-0.05, 0) is 61.4 Å². The number of benzene rings is 1. The number of rotatable bonds is 20. The van der Waals surface area contributed by atoms with Gasteiger partial charge in [0.25, 0.3) is 5.91 Å². The number of nitrogens with one attached hydrogen (secondary N) is 3. The monoisotopic (exact) mass is 632 g/mol. The molecule has 250 valence electrons. The summed E-state index contributed by atoms with van der Waals surface area (Å²) in [5.41, 5.74) is 0.417. The van der Waals surface area contributed by atoms with Gasteiger partial charge in [-0.25, -0.2) is 8.78 Å². The summed E-state index contributed by atoms with van der Waals surface area (Å²) in [6.07, 6.45) is 6.23. The van der Waals surface area contributed by atoms with Crippen LogP contribution in [0.1, 0.15) is 101 Å². The van der Waals surface area contributed by atoms with E-state index in [4.69, 9.17) is 0 Å². The summed E-state index contributed by atoms with van der Waals surface area (Å²) < 4.78 is 28.2. The van der Waals surface area contributed by atoms with Crippen LogP contribution in [0.2, 0.25) is 0 Å². The molecular weight excluding hydrogens is 582 g/mol. The summed E-state index contributed by atoms with van der Waals surface area (Å²) in [7, 11) is 0. The number of nitrogens with zero attached hydrogens (tertiary/aromatic N) is 1. The van der Waals surface area contributed by atoms with Crippen molar-refractivity contribution in [1.82, 2.24) is 20.9 Å². The highest BCUT2D eigenvalue weighted by Gasteiger charge is 2.35. The molecule has 0 aliphatic heterocycles. The zero-order valence-corrected chi connectivity index (χ0v) is 26.9. The predicted octanol–water partition coefficient (Wildman–Crippen LogP) is 4.60. The maximum absolute atomic E-state index is 14.1. The lowest BCUT2D eigenvalue weighted by molar-refractivity contribution is -0.127. The molecule has 1 heterocycles. The zero-order chi connectivity index (χ0) is 33.4. The van der Waals surface area contributed by atoms with Crippen molar-refractivity contribution in [1.29, 1.82) is 0 Å². The van der Waals surface area contributed by atoms with Crippen LogP contribution >= 0.6 is 0 Å². The van der Waals surface area contributed by atoms with Crippen molar-refractivity contribution in [3.05, 3.63) is 65.5 Å². The van der Waals surface area contributed by atoms with Crippen LogP contribution < -0.4 is 16.0 Å². The third-order valence-corrected chi connectivity index (χ3v) is 7.94. The molecule has 0 radical (unpaired) electrons. The molecule has 45 heavy (non-hydrogen) atoms. The Kier molecular flexibility index (Phi) is 16.6. The second-order valence-electron chi connectivity index (χ2n) is 11.8. The first kappa shape index (κ1) is 37.7. The van der Waals surface area contributed by atoms with Crippen LogP contribution in [-0.2, 0) is 16.0 Å². The molecule has 0 spiro atoms. The Morgan fingerprint density at radius 3 is 2.02 bits per heavy atom. The van der Waals surface area contributed by atoms with E-state index in [2.05, 4.69) is 34.8 Å². The lowest BCUT2D eigenvalue weighted by Crippen LogP contribution is -2.59. The van der Waals surface area contributed by atoms with Crippen molar-refractivity contribution in [2.75, 3.05) is 0 Å². The first-order chi connectivity index (χ1) is 21.5. The van der Waals surface area contributed by atoms with Crippen LogP contribution in [0.3, 0.4) is 0 Å². The molecule has 2 rings (SSSR count). The number of aliphatic hydroxyl groups excluding tert-OH is 2. The van der Waals surface area contributed by atoms with Crippen molar-refractivity contribution < 1.29 is 33.4 Å². The first-order valence-electron chi connectivity index (χ1n) is 16.1. The van der Waals surface area contributed by atoms with Gasteiger partial charge in [-0.2, -0.15) is 0 Å². The fourth-order valence-electron chi connectivity index (χ4n) is 5.67. The second kappa shape index (κ2) is 19.8. The lowest BCUT2D eigenvalue weighted by atomic mass is 9.90. The molecule has 0 aliphatic carbocycles. The van der Waals surface area contributed by atoms with Crippen molar-refractivity contribution in [3.8, 4) is 0 Å². The molecule has 9 nitrogen and oxygen atoms in total. The second-order valence-corrected chi connectivity index (χ2v) is 11.8. The maximum atomic E-state index is 14.1. The number of unbranched alkanes of at least 4 members (excludes halogenated alkanes) is 1. The van der Waals surface area contributed by atoms with E-state index in [9.17, 15) is 33.4 Å². The maximum Gasteiger partial charge on any atom is 0.253 e. The number of aromatic nitrogens is 1. The van der Waals surface area contributed by atoms with Gasteiger partial charge in [0.1, 0.15) is 29.9 Å². The molecule has 0 saturated carbocycles. The van der Waals surface area contributed by atoms with Crippen LogP contribution in [0.15, 0.2) is 42.7 Å². The minimum atomic E-state index is -1.63. The molecule has 1 aromatic heterocycles. The number of carbonyl (C=O) groups excluding carboxylic acids is 3. The van der Waals surface area contributed by atoms with Gasteiger partial charge in [0.2, 0.25) is 11.8 Å². The van der Waals surface area contributed by atoms with E-state index in [1.807, 2.05) is 6.92 Å². The minimum absolute atomic E-state index is 0.149. The molecule has 0 unspecified atom stereocenters. The van der Waals surface area contributed by atoms with E-state index in [1.54, 1.807) is 12.1 Å². The third-order valence-electron chi connectivity index (χ3n) is 7.94. The van der Waals surface area contributed by atoms with Gasteiger partial charge in [0.05, 0.1) is 17.6 Å². The highest BCUT2D eigenvalue weighted by Crippen LogP contribution is 2.22. The van der Waals surface area contributed by atoms with Gasteiger partial charge >= 0.3 is 0 Å². The molecule has 0 bridgehead atoms. The highest BCUT2D eigenvalue weighted by molar-refractivity contribution is 5.97. The van der Waals surface area contributed by atoms with Gasteiger partial charge < -0.3 is 26.2 Å². The average Bonchev–Trinajstić information content (AvgIpc) is 2.99. The zero-order valence-electron chi connectivity index (χ0n) is 26.9. The average molecular weight is 633 g/mol. The van der Waals surface area contributed by atoms with E-state index in [1.165, 1.54) is 19.3 Å². The summed E-state index contributed by atoms with van der Waals surface area (Å²) in [5, 5.41) is 30.8. The number of hydrogen-bond donors (Lipinski definition) is 5. The van der Waals surface area contributed by atoms with Gasteiger partial charge in [-0.1, -0.05) is 59.3 Å². The summed E-state index contributed by atoms with van der Waals surface area (Å²) in [6.45, 7) is 7.43. The minimum Gasteiger partial charge on any atom is -0.388 e. The Morgan fingerprint density at radius 2 is 1.47 bits per heavy atom. The number of amides is 3. The number of hydrogen-bond acceptors (Lipinski definition) is 6. The smallest absolute Gasteiger partial charge is 0.253 e. The van der Waals surface area contributed by atoms with Gasteiger partial charge in [0.15, 0.2) is 0 Å². The van der Waals surface area contributed by atoms with E-state index < -0.39 is 59.7 Å². The Labute approximate surface area is 265 Å².